The zero-order valence-electron chi connectivity index (χ0n) is 17.6. The number of rotatable bonds is 5. The van der Waals surface area contributed by atoms with Crippen molar-refractivity contribution >= 4 is 17.4 Å². The summed E-state index contributed by atoms with van der Waals surface area (Å²) in [5.74, 6) is -0.643. The third-order valence-electron chi connectivity index (χ3n) is 5.36. The number of benzene rings is 2. The van der Waals surface area contributed by atoms with Crippen LogP contribution in [0.5, 0.6) is 5.75 Å². The summed E-state index contributed by atoms with van der Waals surface area (Å²) in [4.78, 5) is 27.3. The van der Waals surface area contributed by atoms with Gasteiger partial charge in [-0.1, -0.05) is 36.8 Å². The molecule has 5 heteroatoms. The number of aliphatic hydroxyl groups is 1. The fourth-order valence-electron chi connectivity index (χ4n) is 3.95. The van der Waals surface area contributed by atoms with Gasteiger partial charge in [0.05, 0.1) is 18.7 Å². The Balaban J connectivity index is 2.24. The molecule has 0 spiro atoms. The molecule has 5 nitrogen and oxygen atoms in total. The molecular weight excluding hydrogens is 366 g/mol. The highest BCUT2D eigenvalue weighted by Crippen LogP contribution is 2.40. The summed E-state index contributed by atoms with van der Waals surface area (Å²) in [5, 5.41) is 11.2. The number of ether oxygens (including phenoxy) is 1. The first kappa shape index (κ1) is 20.6. The van der Waals surface area contributed by atoms with E-state index in [1.807, 2.05) is 58.0 Å². The summed E-state index contributed by atoms with van der Waals surface area (Å²) < 4.78 is 5.35. The van der Waals surface area contributed by atoms with Gasteiger partial charge in [-0.15, -0.1) is 0 Å². The van der Waals surface area contributed by atoms with Crippen LogP contribution >= 0.6 is 0 Å². The second-order valence-corrected chi connectivity index (χ2v) is 7.54. The molecule has 0 aliphatic carbocycles. The molecule has 3 rings (SSSR count). The van der Waals surface area contributed by atoms with Gasteiger partial charge in [0.25, 0.3) is 11.7 Å². The smallest absolute Gasteiger partial charge is 0.295 e. The van der Waals surface area contributed by atoms with Gasteiger partial charge in [-0.3, -0.25) is 9.59 Å². The Morgan fingerprint density at radius 3 is 2.45 bits per heavy atom. The molecule has 152 valence electrons. The normalized spacial score (nSPS) is 18.4. The van der Waals surface area contributed by atoms with Crippen molar-refractivity contribution in [3.63, 3.8) is 0 Å². The first-order chi connectivity index (χ1) is 13.8. The molecule has 29 heavy (non-hydrogen) atoms. The van der Waals surface area contributed by atoms with E-state index in [0.29, 0.717) is 17.9 Å². The van der Waals surface area contributed by atoms with E-state index in [-0.39, 0.29) is 11.3 Å². The third kappa shape index (κ3) is 3.65. The molecule has 0 bridgehead atoms. The lowest BCUT2D eigenvalue weighted by molar-refractivity contribution is -0.139. The number of ketones is 1. The van der Waals surface area contributed by atoms with E-state index in [9.17, 15) is 14.7 Å². The fraction of sp³-hybridized carbons (Fsp3) is 0.333. The van der Waals surface area contributed by atoms with E-state index in [4.69, 9.17) is 4.74 Å². The van der Waals surface area contributed by atoms with E-state index in [1.54, 1.807) is 18.1 Å². The number of likely N-dealkylation sites (tertiary alicyclic amines) is 1. The van der Waals surface area contributed by atoms with Crippen LogP contribution in [0.15, 0.2) is 42.0 Å². The highest BCUT2D eigenvalue weighted by atomic mass is 16.5. The molecule has 1 aliphatic heterocycles. The minimum atomic E-state index is -0.643. The van der Waals surface area contributed by atoms with Crippen LogP contribution in [0.25, 0.3) is 5.76 Å². The van der Waals surface area contributed by atoms with Crippen LogP contribution in [0.1, 0.15) is 47.2 Å². The maximum Gasteiger partial charge on any atom is 0.295 e. The average Bonchev–Trinajstić information content (AvgIpc) is 2.94. The van der Waals surface area contributed by atoms with Crippen LogP contribution in [0.3, 0.4) is 0 Å². The largest absolute Gasteiger partial charge is 0.507 e. The van der Waals surface area contributed by atoms with Crippen molar-refractivity contribution in [2.24, 2.45) is 0 Å². The molecule has 1 amide bonds. The van der Waals surface area contributed by atoms with Crippen molar-refractivity contribution < 1.29 is 19.4 Å². The number of amides is 1. The predicted molar refractivity (Wildman–Crippen MR) is 113 cm³/mol. The van der Waals surface area contributed by atoms with Crippen LogP contribution in [-0.2, 0) is 9.59 Å². The Hall–Kier alpha value is -3.08. The summed E-state index contributed by atoms with van der Waals surface area (Å²) >= 11 is 0. The van der Waals surface area contributed by atoms with Crippen LogP contribution in [0.4, 0.5) is 0 Å². The molecule has 1 fully saturated rings. The Morgan fingerprint density at radius 1 is 1.10 bits per heavy atom. The standard InChI is InChI=1S/C24H27NO4/c1-6-10-25-21(17-9-7-8-14(2)11-17)20(23(27)24(25)28)22(26)18-12-16(4)19(29-5)13-15(18)3/h7-9,11-13,21,26H,6,10H2,1-5H3/b22-20+. The summed E-state index contributed by atoms with van der Waals surface area (Å²) in [6.45, 7) is 8.10. The topological polar surface area (TPSA) is 66.8 Å². The number of aryl methyl sites for hydroxylation is 3. The van der Waals surface area contributed by atoms with E-state index in [0.717, 1.165) is 28.7 Å². The number of carbonyl (C=O) groups excluding carboxylic acids is 2. The van der Waals surface area contributed by atoms with Gasteiger partial charge in [0, 0.05) is 12.1 Å². The van der Waals surface area contributed by atoms with Crippen LogP contribution in [-0.4, -0.2) is 35.4 Å². The van der Waals surface area contributed by atoms with E-state index in [1.165, 1.54) is 0 Å². The first-order valence-corrected chi connectivity index (χ1v) is 9.80. The molecule has 2 aromatic carbocycles. The molecule has 1 heterocycles. The summed E-state index contributed by atoms with van der Waals surface area (Å²) in [6.07, 6.45) is 0.718. The van der Waals surface area contributed by atoms with Gasteiger partial charge in [-0.25, -0.2) is 0 Å². The number of hydrogen-bond acceptors (Lipinski definition) is 4. The fourth-order valence-corrected chi connectivity index (χ4v) is 3.95. The third-order valence-corrected chi connectivity index (χ3v) is 5.36. The van der Waals surface area contributed by atoms with Gasteiger partial charge >= 0.3 is 0 Å². The van der Waals surface area contributed by atoms with E-state index in [2.05, 4.69) is 0 Å². The molecular formula is C24H27NO4. The number of aliphatic hydroxyl groups excluding tert-OH is 1. The second-order valence-electron chi connectivity index (χ2n) is 7.54. The lowest BCUT2D eigenvalue weighted by Gasteiger charge is -2.25. The lowest BCUT2D eigenvalue weighted by atomic mass is 9.92. The van der Waals surface area contributed by atoms with Crippen molar-refractivity contribution in [1.29, 1.82) is 0 Å². The van der Waals surface area contributed by atoms with Crippen molar-refractivity contribution in [3.05, 3.63) is 69.8 Å². The Kier molecular flexibility index (Phi) is 5.78. The molecule has 1 saturated heterocycles. The maximum atomic E-state index is 13.0. The molecule has 1 N–H and O–H groups in total. The van der Waals surface area contributed by atoms with Crippen molar-refractivity contribution in [2.75, 3.05) is 13.7 Å². The number of methoxy groups -OCH3 is 1. The molecule has 0 saturated carbocycles. The number of carbonyl (C=O) groups is 2. The van der Waals surface area contributed by atoms with E-state index >= 15 is 0 Å². The maximum absolute atomic E-state index is 13.0. The molecule has 1 atom stereocenters. The van der Waals surface area contributed by atoms with Crippen LogP contribution < -0.4 is 4.74 Å². The Bertz CT molecular complexity index is 1010. The second kappa shape index (κ2) is 8.11. The summed E-state index contributed by atoms with van der Waals surface area (Å²) in [7, 11) is 1.59. The highest BCUT2D eigenvalue weighted by molar-refractivity contribution is 6.46. The Morgan fingerprint density at radius 2 is 1.83 bits per heavy atom. The number of nitrogens with zero attached hydrogens (tertiary/aromatic N) is 1. The van der Waals surface area contributed by atoms with Crippen molar-refractivity contribution in [1.82, 2.24) is 4.90 Å². The first-order valence-electron chi connectivity index (χ1n) is 9.80. The SMILES string of the molecule is CCCN1C(=O)C(=O)/C(=C(/O)c2cc(C)c(OC)cc2C)C1c1cccc(C)c1. The van der Waals surface area contributed by atoms with Gasteiger partial charge in [-0.05, 0) is 56.0 Å². The van der Waals surface area contributed by atoms with Crippen molar-refractivity contribution in [2.45, 2.75) is 40.2 Å². The van der Waals surface area contributed by atoms with Gasteiger partial charge in [0.15, 0.2) is 0 Å². The van der Waals surface area contributed by atoms with Crippen molar-refractivity contribution in [3.8, 4) is 5.75 Å². The predicted octanol–water partition coefficient (Wildman–Crippen LogP) is 4.45. The number of hydrogen-bond donors (Lipinski definition) is 1. The van der Waals surface area contributed by atoms with Gasteiger partial charge < -0.3 is 14.7 Å². The van der Waals surface area contributed by atoms with E-state index < -0.39 is 17.7 Å². The quantitative estimate of drug-likeness (QED) is 0.463. The summed E-state index contributed by atoms with van der Waals surface area (Å²) in [6, 6.07) is 10.7. The molecule has 1 aliphatic rings. The summed E-state index contributed by atoms with van der Waals surface area (Å²) in [5.41, 5.74) is 4.14. The van der Waals surface area contributed by atoms with Gasteiger partial charge in [0.2, 0.25) is 0 Å². The number of Topliss-reactive ketones (excluding diaryl/α,β-unsaturated/α-hetero) is 1. The molecule has 2 aromatic rings. The van der Waals surface area contributed by atoms with Gasteiger partial charge in [0.1, 0.15) is 11.5 Å². The van der Waals surface area contributed by atoms with Crippen LogP contribution in [0.2, 0.25) is 0 Å². The molecule has 1 unspecified atom stereocenters. The minimum absolute atomic E-state index is 0.140. The zero-order valence-corrected chi connectivity index (χ0v) is 17.6. The monoisotopic (exact) mass is 393 g/mol. The van der Waals surface area contributed by atoms with Gasteiger partial charge in [-0.2, -0.15) is 0 Å². The lowest BCUT2D eigenvalue weighted by Crippen LogP contribution is -2.30. The molecule has 0 aromatic heterocycles. The highest BCUT2D eigenvalue weighted by Gasteiger charge is 2.45. The average molecular weight is 393 g/mol. The Labute approximate surface area is 171 Å². The minimum Gasteiger partial charge on any atom is -0.507 e. The van der Waals surface area contributed by atoms with Crippen LogP contribution in [0, 0.1) is 20.8 Å². The zero-order chi connectivity index (χ0) is 21.3. The molecule has 0 radical (unpaired) electrons.